The van der Waals surface area contributed by atoms with Gasteiger partial charge in [-0.25, -0.2) is 4.98 Å². The maximum Gasteiger partial charge on any atom is 0.417 e. The molecule has 3 rings (SSSR count). The molecule has 1 aromatic carbocycles. The molecule has 0 amide bonds. The first-order chi connectivity index (χ1) is 11.8. The van der Waals surface area contributed by atoms with Crippen molar-refractivity contribution in [1.82, 2.24) is 15.1 Å². The lowest BCUT2D eigenvalue weighted by molar-refractivity contribution is -0.137. The van der Waals surface area contributed by atoms with E-state index in [0.717, 1.165) is 24.0 Å². The summed E-state index contributed by atoms with van der Waals surface area (Å²) in [6.07, 6.45) is -3.75. The van der Waals surface area contributed by atoms with Gasteiger partial charge in [-0.1, -0.05) is 46.2 Å². The molecule has 2 aromatic heterocycles. The molecule has 0 aliphatic heterocycles. The first-order valence-corrected chi connectivity index (χ1v) is 8.51. The van der Waals surface area contributed by atoms with Crippen molar-refractivity contribution in [2.24, 2.45) is 0 Å². The number of pyridine rings is 1. The van der Waals surface area contributed by atoms with Crippen LogP contribution in [0.1, 0.15) is 11.4 Å². The standard InChI is InChI=1S/C15H8Cl2F3N3OS/c16-10-3-1-2-8(4-10)13-22-12(23-24-13)7-25-14-11(17)5-9(6-21-14)15(18,19)20/h1-6H,7H2. The van der Waals surface area contributed by atoms with Crippen LogP contribution in [0.3, 0.4) is 0 Å². The van der Waals surface area contributed by atoms with Crippen molar-refractivity contribution in [2.45, 2.75) is 17.0 Å². The van der Waals surface area contributed by atoms with E-state index in [1.165, 1.54) is 0 Å². The molecule has 0 saturated heterocycles. The maximum atomic E-state index is 12.6. The average Bonchev–Trinajstić information content (AvgIpc) is 3.02. The minimum Gasteiger partial charge on any atom is -0.334 e. The number of nitrogens with zero attached hydrogens (tertiary/aromatic N) is 3. The predicted molar refractivity (Wildman–Crippen MR) is 88.6 cm³/mol. The van der Waals surface area contributed by atoms with Crippen LogP contribution >= 0.6 is 35.0 Å². The smallest absolute Gasteiger partial charge is 0.334 e. The summed E-state index contributed by atoms with van der Waals surface area (Å²) >= 11 is 12.9. The molecule has 0 saturated carbocycles. The van der Waals surface area contributed by atoms with Crippen molar-refractivity contribution in [2.75, 3.05) is 0 Å². The quantitative estimate of drug-likeness (QED) is 0.517. The molecule has 0 bridgehead atoms. The van der Waals surface area contributed by atoms with E-state index in [0.29, 0.717) is 22.3 Å². The molecule has 0 fully saturated rings. The van der Waals surface area contributed by atoms with Crippen molar-refractivity contribution in [3.05, 3.63) is 58.0 Å². The number of aromatic nitrogens is 3. The molecule has 25 heavy (non-hydrogen) atoms. The highest BCUT2D eigenvalue weighted by Gasteiger charge is 2.31. The Kier molecular flexibility index (Phi) is 5.21. The zero-order valence-corrected chi connectivity index (χ0v) is 14.5. The van der Waals surface area contributed by atoms with Gasteiger partial charge in [-0.3, -0.25) is 0 Å². The van der Waals surface area contributed by atoms with Crippen LogP contribution in [0.4, 0.5) is 13.2 Å². The summed E-state index contributed by atoms with van der Waals surface area (Å²) < 4.78 is 42.9. The minimum absolute atomic E-state index is 0.0848. The minimum atomic E-state index is -4.49. The van der Waals surface area contributed by atoms with E-state index in [1.807, 2.05) is 0 Å². The van der Waals surface area contributed by atoms with Gasteiger partial charge in [0.2, 0.25) is 0 Å². The van der Waals surface area contributed by atoms with E-state index in [9.17, 15) is 13.2 Å². The molecule has 4 nitrogen and oxygen atoms in total. The SMILES string of the molecule is FC(F)(F)c1cnc(SCc2noc(-c3cccc(Cl)c3)n2)c(Cl)c1. The zero-order chi connectivity index (χ0) is 18.0. The van der Waals surface area contributed by atoms with Crippen LogP contribution in [-0.4, -0.2) is 15.1 Å². The maximum absolute atomic E-state index is 12.6. The lowest BCUT2D eigenvalue weighted by Gasteiger charge is -2.08. The van der Waals surface area contributed by atoms with Crippen molar-refractivity contribution in [3.8, 4) is 11.5 Å². The van der Waals surface area contributed by atoms with Gasteiger partial charge in [0.25, 0.3) is 5.89 Å². The van der Waals surface area contributed by atoms with Gasteiger partial charge in [-0.05, 0) is 24.3 Å². The first kappa shape index (κ1) is 18.0. The van der Waals surface area contributed by atoms with Crippen LogP contribution < -0.4 is 0 Å². The molecular formula is C15H8Cl2F3N3OS. The second kappa shape index (κ2) is 7.23. The third-order valence-electron chi connectivity index (χ3n) is 3.01. The van der Waals surface area contributed by atoms with Gasteiger partial charge < -0.3 is 4.52 Å². The van der Waals surface area contributed by atoms with Crippen LogP contribution in [0, 0.1) is 0 Å². The summed E-state index contributed by atoms with van der Waals surface area (Å²) in [6.45, 7) is 0. The Morgan fingerprint density at radius 3 is 2.64 bits per heavy atom. The number of halogens is 5. The zero-order valence-electron chi connectivity index (χ0n) is 12.2. The lowest BCUT2D eigenvalue weighted by atomic mass is 10.2. The van der Waals surface area contributed by atoms with Gasteiger partial charge in [-0.15, -0.1) is 0 Å². The number of thioether (sulfide) groups is 1. The van der Waals surface area contributed by atoms with E-state index in [2.05, 4.69) is 15.1 Å². The molecule has 130 valence electrons. The Morgan fingerprint density at radius 1 is 1.16 bits per heavy atom. The molecule has 0 radical (unpaired) electrons. The van der Waals surface area contributed by atoms with Crippen molar-refractivity contribution in [3.63, 3.8) is 0 Å². The summed E-state index contributed by atoms with van der Waals surface area (Å²) in [5, 5.41) is 4.53. The number of rotatable bonds is 4. The van der Waals surface area contributed by atoms with Crippen LogP contribution in [-0.2, 0) is 11.9 Å². The molecule has 0 unspecified atom stereocenters. The van der Waals surface area contributed by atoms with E-state index in [4.69, 9.17) is 27.7 Å². The molecule has 0 spiro atoms. The van der Waals surface area contributed by atoms with Crippen LogP contribution in [0.25, 0.3) is 11.5 Å². The highest BCUT2D eigenvalue weighted by atomic mass is 35.5. The monoisotopic (exact) mass is 405 g/mol. The Balaban J connectivity index is 1.70. The summed E-state index contributed by atoms with van der Waals surface area (Å²) in [7, 11) is 0. The Labute approximate surface area is 154 Å². The van der Waals surface area contributed by atoms with E-state index in [1.54, 1.807) is 24.3 Å². The molecule has 2 heterocycles. The second-order valence-corrected chi connectivity index (χ2v) is 6.63. The van der Waals surface area contributed by atoms with Gasteiger partial charge in [0.15, 0.2) is 5.82 Å². The number of hydrogen-bond donors (Lipinski definition) is 0. The topological polar surface area (TPSA) is 51.8 Å². The molecule has 0 aliphatic carbocycles. The number of benzene rings is 1. The lowest BCUT2D eigenvalue weighted by Crippen LogP contribution is -2.05. The summed E-state index contributed by atoms with van der Waals surface area (Å²) in [5.74, 6) is 0.893. The Bertz CT molecular complexity index is 902. The highest BCUT2D eigenvalue weighted by molar-refractivity contribution is 7.98. The van der Waals surface area contributed by atoms with Crippen molar-refractivity contribution >= 4 is 35.0 Å². The Hall–Kier alpha value is -1.77. The molecule has 0 aliphatic rings. The largest absolute Gasteiger partial charge is 0.417 e. The highest BCUT2D eigenvalue weighted by Crippen LogP contribution is 2.34. The van der Waals surface area contributed by atoms with E-state index >= 15 is 0 Å². The third-order valence-corrected chi connectivity index (χ3v) is 4.65. The first-order valence-electron chi connectivity index (χ1n) is 6.77. The summed E-state index contributed by atoms with van der Waals surface area (Å²) in [5.41, 5.74) is -0.230. The fraction of sp³-hybridized carbons (Fsp3) is 0.133. The normalized spacial score (nSPS) is 11.7. The molecule has 10 heteroatoms. The molecule has 0 atom stereocenters. The van der Waals surface area contributed by atoms with Gasteiger partial charge in [0.05, 0.1) is 16.3 Å². The third kappa shape index (κ3) is 4.45. The van der Waals surface area contributed by atoms with Crippen LogP contribution in [0.2, 0.25) is 10.0 Å². The second-order valence-electron chi connectivity index (χ2n) is 4.82. The van der Waals surface area contributed by atoms with E-state index < -0.39 is 11.7 Å². The fourth-order valence-corrected chi connectivity index (χ4v) is 3.10. The summed E-state index contributed by atoms with van der Waals surface area (Å²) in [4.78, 5) is 7.96. The Morgan fingerprint density at radius 2 is 1.96 bits per heavy atom. The molecule has 0 N–H and O–H groups in total. The van der Waals surface area contributed by atoms with Crippen molar-refractivity contribution in [1.29, 1.82) is 0 Å². The average molecular weight is 406 g/mol. The van der Waals surface area contributed by atoms with Crippen LogP contribution in [0.15, 0.2) is 46.1 Å². The van der Waals surface area contributed by atoms with Crippen LogP contribution in [0.5, 0.6) is 0 Å². The summed E-state index contributed by atoms with van der Waals surface area (Å²) in [6, 6.07) is 7.76. The fourth-order valence-electron chi connectivity index (χ4n) is 1.87. The van der Waals surface area contributed by atoms with Gasteiger partial charge in [0.1, 0.15) is 5.03 Å². The molecule has 3 aromatic rings. The van der Waals surface area contributed by atoms with Gasteiger partial charge >= 0.3 is 6.18 Å². The predicted octanol–water partition coefficient (Wildman–Crippen LogP) is 5.75. The number of hydrogen-bond acceptors (Lipinski definition) is 5. The molecular weight excluding hydrogens is 398 g/mol. The number of alkyl halides is 3. The van der Waals surface area contributed by atoms with Gasteiger partial charge in [-0.2, -0.15) is 18.2 Å². The van der Waals surface area contributed by atoms with Gasteiger partial charge in [0, 0.05) is 16.8 Å². The van der Waals surface area contributed by atoms with Crippen molar-refractivity contribution < 1.29 is 17.7 Å². The van der Waals surface area contributed by atoms with E-state index in [-0.39, 0.29) is 15.8 Å².